The quantitative estimate of drug-likeness (QED) is 0.737. The molecule has 0 aliphatic carbocycles. The lowest BCUT2D eigenvalue weighted by atomic mass is 10.1. The van der Waals surface area contributed by atoms with Crippen LogP contribution in [-0.2, 0) is 0 Å². The third-order valence-corrected chi connectivity index (χ3v) is 4.35. The summed E-state index contributed by atoms with van der Waals surface area (Å²) in [4.78, 5) is 19.2. The zero-order chi connectivity index (χ0) is 18.5. The summed E-state index contributed by atoms with van der Waals surface area (Å²) >= 11 is 0. The molecule has 0 spiro atoms. The van der Waals surface area contributed by atoms with Gasteiger partial charge in [0.2, 0.25) is 0 Å². The van der Waals surface area contributed by atoms with Crippen molar-refractivity contribution in [3.05, 3.63) is 77.9 Å². The van der Waals surface area contributed by atoms with E-state index in [0.29, 0.717) is 17.8 Å². The van der Waals surface area contributed by atoms with Gasteiger partial charge in [0.1, 0.15) is 5.76 Å². The summed E-state index contributed by atoms with van der Waals surface area (Å²) in [6, 6.07) is 17.4. The topological polar surface area (TPSA) is 58.4 Å². The monoisotopic (exact) mass is 349 g/mol. The standard InChI is InChI=1S/C21H23N3O2/c1-15-17(11-12-18(23-15)16-8-5-4-6-9-16)21(25)22-14-19(24(2)3)20-10-7-13-26-20/h4-13,19H,14H2,1-3H3,(H,22,25). The minimum atomic E-state index is -0.131. The third-order valence-electron chi connectivity index (χ3n) is 4.35. The summed E-state index contributed by atoms with van der Waals surface area (Å²) in [5.41, 5.74) is 3.19. The zero-order valence-electron chi connectivity index (χ0n) is 15.3. The molecule has 5 nitrogen and oxygen atoms in total. The lowest BCUT2D eigenvalue weighted by Gasteiger charge is -2.22. The fourth-order valence-electron chi connectivity index (χ4n) is 2.87. The number of hydrogen-bond donors (Lipinski definition) is 1. The molecule has 1 N–H and O–H groups in total. The number of rotatable bonds is 6. The number of aromatic nitrogens is 1. The van der Waals surface area contributed by atoms with Crippen molar-refractivity contribution in [2.75, 3.05) is 20.6 Å². The molecule has 1 aromatic carbocycles. The molecule has 2 aromatic heterocycles. The summed E-state index contributed by atoms with van der Waals surface area (Å²) < 4.78 is 5.48. The fraction of sp³-hybridized carbons (Fsp3) is 0.238. The number of pyridine rings is 1. The van der Waals surface area contributed by atoms with Gasteiger partial charge in [-0.3, -0.25) is 14.7 Å². The Morgan fingerprint density at radius 1 is 1.12 bits per heavy atom. The van der Waals surface area contributed by atoms with E-state index in [0.717, 1.165) is 17.0 Å². The molecule has 1 amide bonds. The first-order chi connectivity index (χ1) is 12.6. The van der Waals surface area contributed by atoms with Crippen LogP contribution in [0.15, 0.2) is 65.3 Å². The van der Waals surface area contributed by atoms with E-state index in [9.17, 15) is 4.79 Å². The Morgan fingerprint density at radius 2 is 1.88 bits per heavy atom. The molecule has 26 heavy (non-hydrogen) atoms. The van der Waals surface area contributed by atoms with Gasteiger partial charge in [-0.15, -0.1) is 0 Å². The van der Waals surface area contributed by atoms with E-state index < -0.39 is 0 Å². The first-order valence-corrected chi connectivity index (χ1v) is 8.57. The molecule has 3 rings (SSSR count). The molecule has 2 heterocycles. The first kappa shape index (κ1) is 17.9. The summed E-state index contributed by atoms with van der Waals surface area (Å²) in [6.07, 6.45) is 1.64. The second kappa shape index (κ2) is 7.97. The van der Waals surface area contributed by atoms with Crippen molar-refractivity contribution >= 4 is 5.91 Å². The number of benzene rings is 1. The second-order valence-electron chi connectivity index (χ2n) is 6.40. The third kappa shape index (κ3) is 4.00. The van der Waals surface area contributed by atoms with E-state index in [4.69, 9.17) is 4.42 Å². The zero-order valence-corrected chi connectivity index (χ0v) is 15.3. The van der Waals surface area contributed by atoms with Gasteiger partial charge in [-0.1, -0.05) is 30.3 Å². The van der Waals surface area contributed by atoms with Gasteiger partial charge in [0.05, 0.1) is 29.3 Å². The van der Waals surface area contributed by atoms with Gasteiger partial charge in [0, 0.05) is 12.1 Å². The van der Waals surface area contributed by atoms with Gasteiger partial charge in [0.25, 0.3) is 5.91 Å². The maximum Gasteiger partial charge on any atom is 0.253 e. The van der Waals surface area contributed by atoms with Crippen LogP contribution in [0, 0.1) is 6.92 Å². The van der Waals surface area contributed by atoms with Crippen LogP contribution in [0.5, 0.6) is 0 Å². The van der Waals surface area contributed by atoms with Crippen LogP contribution < -0.4 is 5.32 Å². The predicted octanol–water partition coefficient (Wildman–Crippen LogP) is 3.68. The van der Waals surface area contributed by atoms with Crippen molar-refractivity contribution in [2.45, 2.75) is 13.0 Å². The van der Waals surface area contributed by atoms with Crippen LogP contribution >= 0.6 is 0 Å². The van der Waals surface area contributed by atoms with Crippen LogP contribution in [0.2, 0.25) is 0 Å². The van der Waals surface area contributed by atoms with Crippen molar-refractivity contribution in [1.82, 2.24) is 15.2 Å². The van der Waals surface area contributed by atoms with Crippen molar-refractivity contribution in [3.8, 4) is 11.3 Å². The average molecular weight is 349 g/mol. The SMILES string of the molecule is Cc1nc(-c2ccccc2)ccc1C(=O)NCC(c1ccco1)N(C)C. The number of carbonyl (C=O) groups excluding carboxylic acids is 1. The number of nitrogens with zero attached hydrogens (tertiary/aromatic N) is 2. The van der Waals surface area contributed by atoms with E-state index in [1.54, 1.807) is 6.26 Å². The maximum absolute atomic E-state index is 12.6. The smallest absolute Gasteiger partial charge is 0.253 e. The number of amides is 1. The van der Waals surface area contributed by atoms with Gasteiger partial charge in [-0.2, -0.15) is 0 Å². The van der Waals surface area contributed by atoms with E-state index >= 15 is 0 Å². The van der Waals surface area contributed by atoms with Gasteiger partial charge in [0.15, 0.2) is 0 Å². The predicted molar refractivity (Wildman–Crippen MR) is 102 cm³/mol. The molecule has 134 valence electrons. The maximum atomic E-state index is 12.6. The summed E-state index contributed by atoms with van der Waals surface area (Å²) in [5.74, 6) is 0.692. The highest BCUT2D eigenvalue weighted by molar-refractivity contribution is 5.95. The average Bonchev–Trinajstić information content (AvgIpc) is 3.16. The molecule has 3 aromatic rings. The highest BCUT2D eigenvalue weighted by atomic mass is 16.3. The highest BCUT2D eigenvalue weighted by Crippen LogP contribution is 2.20. The van der Waals surface area contributed by atoms with Gasteiger partial charge >= 0.3 is 0 Å². The Kier molecular flexibility index (Phi) is 5.49. The largest absolute Gasteiger partial charge is 0.468 e. The molecule has 0 aliphatic heterocycles. The molecule has 0 saturated carbocycles. The Balaban J connectivity index is 1.72. The molecule has 0 fully saturated rings. The summed E-state index contributed by atoms with van der Waals surface area (Å²) in [7, 11) is 3.92. The van der Waals surface area contributed by atoms with Crippen LogP contribution in [0.4, 0.5) is 0 Å². The Hall–Kier alpha value is -2.92. The van der Waals surface area contributed by atoms with Crippen molar-refractivity contribution in [2.24, 2.45) is 0 Å². The first-order valence-electron chi connectivity index (χ1n) is 8.57. The van der Waals surface area contributed by atoms with Crippen LogP contribution in [0.3, 0.4) is 0 Å². The Bertz CT molecular complexity index is 858. The van der Waals surface area contributed by atoms with Crippen LogP contribution in [0.1, 0.15) is 27.9 Å². The lowest BCUT2D eigenvalue weighted by molar-refractivity contribution is 0.0938. The summed E-state index contributed by atoms with van der Waals surface area (Å²) in [5, 5.41) is 2.99. The van der Waals surface area contributed by atoms with E-state index in [2.05, 4.69) is 10.3 Å². The minimum absolute atomic E-state index is 0.0224. The second-order valence-corrected chi connectivity index (χ2v) is 6.40. The van der Waals surface area contributed by atoms with Crippen molar-refractivity contribution in [1.29, 1.82) is 0 Å². The van der Waals surface area contributed by atoms with Crippen LogP contribution in [-0.4, -0.2) is 36.4 Å². The lowest BCUT2D eigenvalue weighted by Crippen LogP contribution is -2.34. The normalized spacial score (nSPS) is 12.2. The van der Waals surface area contributed by atoms with E-state index in [-0.39, 0.29) is 11.9 Å². The van der Waals surface area contributed by atoms with Crippen molar-refractivity contribution in [3.63, 3.8) is 0 Å². The van der Waals surface area contributed by atoms with Crippen LogP contribution in [0.25, 0.3) is 11.3 Å². The van der Waals surface area contributed by atoms with Gasteiger partial charge < -0.3 is 9.73 Å². The summed E-state index contributed by atoms with van der Waals surface area (Å²) in [6.45, 7) is 2.32. The molecule has 0 bridgehead atoms. The van der Waals surface area contributed by atoms with Crippen molar-refractivity contribution < 1.29 is 9.21 Å². The number of likely N-dealkylation sites (N-methyl/N-ethyl adjacent to an activating group) is 1. The number of aryl methyl sites for hydroxylation is 1. The molecular weight excluding hydrogens is 326 g/mol. The van der Waals surface area contributed by atoms with E-state index in [1.807, 2.05) is 80.5 Å². The fourth-order valence-corrected chi connectivity index (χ4v) is 2.87. The van der Waals surface area contributed by atoms with Gasteiger partial charge in [-0.25, -0.2) is 0 Å². The Labute approximate surface area is 153 Å². The molecule has 5 heteroatoms. The molecule has 0 saturated heterocycles. The molecule has 0 aliphatic rings. The molecule has 1 atom stereocenters. The highest BCUT2D eigenvalue weighted by Gasteiger charge is 2.19. The number of hydrogen-bond acceptors (Lipinski definition) is 4. The number of carbonyl (C=O) groups is 1. The minimum Gasteiger partial charge on any atom is -0.468 e. The van der Waals surface area contributed by atoms with E-state index in [1.165, 1.54) is 0 Å². The molecule has 1 unspecified atom stereocenters. The number of furan rings is 1. The number of nitrogens with one attached hydrogen (secondary N) is 1. The molecular formula is C21H23N3O2. The molecule has 0 radical (unpaired) electrons. The Morgan fingerprint density at radius 3 is 2.50 bits per heavy atom. The van der Waals surface area contributed by atoms with Gasteiger partial charge in [-0.05, 0) is 45.3 Å².